The van der Waals surface area contributed by atoms with E-state index in [9.17, 15) is 13.2 Å². The van der Waals surface area contributed by atoms with Crippen LogP contribution in [0, 0.1) is 13.8 Å². The summed E-state index contributed by atoms with van der Waals surface area (Å²) in [7, 11) is 0. The second-order valence-corrected chi connectivity index (χ2v) is 4.94. The highest BCUT2D eigenvalue weighted by molar-refractivity contribution is 5.78. The summed E-state index contributed by atoms with van der Waals surface area (Å²) in [4.78, 5) is 8.16. The zero-order valence-electron chi connectivity index (χ0n) is 11.4. The second kappa shape index (κ2) is 4.58. The van der Waals surface area contributed by atoms with Crippen LogP contribution < -0.4 is 0 Å². The van der Waals surface area contributed by atoms with Crippen molar-refractivity contribution in [2.45, 2.75) is 20.0 Å². The Kier molecular flexibility index (Phi) is 2.97. The summed E-state index contributed by atoms with van der Waals surface area (Å²) in [5, 5.41) is 0. The lowest BCUT2D eigenvalue weighted by Crippen LogP contribution is -2.06. The summed E-state index contributed by atoms with van der Waals surface area (Å²) >= 11 is 0. The van der Waals surface area contributed by atoms with Crippen LogP contribution in [0.4, 0.5) is 13.2 Å². The Morgan fingerprint density at radius 3 is 2.33 bits per heavy atom. The molecule has 0 radical (unpaired) electrons. The third-order valence-corrected chi connectivity index (χ3v) is 3.48. The molecule has 0 saturated carbocycles. The third kappa shape index (κ3) is 2.37. The SMILES string of the molecule is Cc1cc2ncn(-c3ccc(C(F)(F)F)cn3)c2cc1C. The quantitative estimate of drug-likeness (QED) is 0.677. The molecule has 3 aromatic rings. The van der Waals surface area contributed by atoms with Gasteiger partial charge in [0.2, 0.25) is 0 Å². The highest BCUT2D eigenvalue weighted by atomic mass is 19.4. The van der Waals surface area contributed by atoms with Crippen molar-refractivity contribution in [1.82, 2.24) is 14.5 Å². The van der Waals surface area contributed by atoms with Gasteiger partial charge in [0.05, 0.1) is 16.6 Å². The van der Waals surface area contributed by atoms with Gasteiger partial charge in [-0.2, -0.15) is 13.2 Å². The fraction of sp³-hybridized carbons (Fsp3) is 0.200. The lowest BCUT2D eigenvalue weighted by molar-refractivity contribution is -0.137. The van der Waals surface area contributed by atoms with Crippen LogP contribution in [0.15, 0.2) is 36.8 Å². The van der Waals surface area contributed by atoms with Gasteiger partial charge in [0.15, 0.2) is 0 Å². The molecule has 0 bridgehead atoms. The third-order valence-electron chi connectivity index (χ3n) is 3.48. The van der Waals surface area contributed by atoms with Gasteiger partial charge in [0.25, 0.3) is 0 Å². The molecule has 0 amide bonds. The largest absolute Gasteiger partial charge is 0.417 e. The molecular formula is C15H12F3N3. The Morgan fingerprint density at radius 1 is 1.00 bits per heavy atom. The highest BCUT2D eigenvalue weighted by Crippen LogP contribution is 2.29. The molecule has 0 saturated heterocycles. The summed E-state index contributed by atoms with van der Waals surface area (Å²) in [6.45, 7) is 3.97. The van der Waals surface area contributed by atoms with E-state index in [0.29, 0.717) is 5.82 Å². The first-order chi connectivity index (χ1) is 9.86. The van der Waals surface area contributed by atoms with Crippen molar-refractivity contribution in [2.75, 3.05) is 0 Å². The number of imidazole rings is 1. The van der Waals surface area contributed by atoms with Crippen LogP contribution in [0.2, 0.25) is 0 Å². The maximum Gasteiger partial charge on any atom is 0.417 e. The van der Waals surface area contributed by atoms with E-state index >= 15 is 0 Å². The number of rotatable bonds is 1. The number of alkyl halides is 3. The standard InChI is InChI=1S/C15H12F3N3/c1-9-5-12-13(6-10(9)2)21(8-20-12)14-4-3-11(7-19-14)15(16,17)18/h3-8H,1-2H3. The first kappa shape index (κ1) is 13.6. The fourth-order valence-corrected chi connectivity index (χ4v) is 2.14. The van der Waals surface area contributed by atoms with E-state index in [1.807, 2.05) is 26.0 Å². The van der Waals surface area contributed by atoms with Crippen molar-refractivity contribution in [2.24, 2.45) is 0 Å². The molecule has 1 aromatic carbocycles. The Hall–Kier alpha value is -2.37. The molecule has 0 aliphatic heterocycles. The maximum absolute atomic E-state index is 12.6. The van der Waals surface area contributed by atoms with Crippen molar-refractivity contribution >= 4 is 11.0 Å². The van der Waals surface area contributed by atoms with Gasteiger partial charge in [-0.25, -0.2) is 9.97 Å². The van der Waals surface area contributed by atoms with E-state index in [1.165, 1.54) is 6.07 Å². The van der Waals surface area contributed by atoms with Gasteiger partial charge in [0.1, 0.15) is 12.1 Å². The number of aromatic nitrogens is 3. The van der Waals surface area contributed by atoms with Gasteiger partial charge in [-0.15, -0.1) is 0 Å². The van der Waals surface area contributed by atoms with Gasteiger partial charge in [0, 0.05) is 6.20 Å². The van der Waals surface area contributed by atoms with E-state index in [-0.39, 0.29) is 0 Å². The van der Waals surface area contributed by atoms with Gasteiger partial charge in [-0.1, -0.05) is 0 Å². The number of benzene rings is 1. The average Bonchev–Trinajstić information content (AvgIpc) is 2.81. The molecule has 0 spiro atoms. The summed E-state index contributed by atoms with van der Waals surface area (Å²) in [6, 6.07) is 6.27. The Labute approximate surface area is 119 Å². The van der Waals surface area contributed by atoms with Crippen molar-refractivity contribution in [3.63, 3.8) is 0 Å². The zero-order valence-corrected chi connectivity index (χ0v) is 11.4. The van der Waals surface area contributed by atoms with Crippen LogP contribution >= 0.6 is 0 Å². The van der Waals surface area contributed by atoms with Crippen LogP contribution in [-0.2, 0) is 6.18 Å². The normalized spacial score (nSPS) is 12.0. The fourth-order valence-electron chi connectivity index (χ4n) is 2.14. The Balaban J connectivity index is 2.10. The lowest BCUT2D eigenvalue weighted by atomic mass is 10.1. The van der Waals surface area contributed by atoms with Crippen molar-refractivity contribution < 1.29 is 13.2 Å². The molecule has 0 fully saturated rings. The molecule has 0 unspecified atom stereocenters. The maximum atomic E-state index is 12.6. The second-order valence-electron chi connectivity index (χ2n) is 4.94. The number of pyridine rings is 1. The average molecular weight is 291 g/mol. The molecule has 2 heterocycles. The molecule has 2 aromatic heterocycles. The van der Waals surface area contributed by atoms with Crippen LogP contribution in [0.3, 0.4) is 0 Å². The Morgan fingerprint density at radius 2 is 1.71 bits per heavy atom. The predicted molar refractivity (Wildman–Crippen MR) is 73.3 cm³/mol. The van der Waals surface area contributed by atoms with Crippen molar-refractivity contribution in [3.05, 3.63) is 53.5 Å². The zero-order chi connectivity index (χ0) is 15.2. The minimum Gasteiger partial charge on any atom is -0.283 e. The molecule has 3 rings (SSSR count). The summed E-state index contributed by atoms with van der Waals surface area (Å²) in [6.07, 6.45) is -1.97. The van der Waals surface area contributed by atoms with Gasteiger partial charge in [-0.3, -0.25) is 4.57 Å². The van der Waals surface area contributed by atoms with E-state index in [0.717, 1.165) is 34.4 Å². The summed E-state index contributed by atoms with van der Waals surface area (Å²) in [5.41, 5.74) is 3.07. The van der Waals surface area contributed by atoms with E-state index in [4.69, 9.17) is 0 Å². The van der Waals surface area contributed by atoms with Crippen LogP contribution in [0.25, 0.3) is 16.9 Å². The van der Waals surface area contributed by atoms with Crippen LogP contribution in [0.1, 0.15) is 16.7 Å². The molecular weight excluding hydrogens is 279 g/mol. The first-order valence-electron chi connectivity index (χ1n) is 6.34. The Bertz CT molecular complexity index is 801. The molecule has 0 atom stereocenters. The van der Waals surface area contributed by atoms with Gasteiger partial charge < -0.3 is 0 Å². The number of nitrogens with zero attached hydrogens (tertiary/aromatic N) is 3. The van der Waals surface area contributed by atoms with Gasteiger partial charge in [-0.05, 0) is 49.2 Å². The summed E-state index contributed by atoms with van der Waals surface area (Å²) < 4.78 is 39.3. The van der Waals surface area contributed by atoms with Crippen molar-refractivity contribution in [3.8, 4) is 5.82 Å². The first-order valence-corrected chi connectivity index (χ1v) is 6.34. The molecule has 0 N–H and O–H groups in total. The van der Waals surface area contributed by atoms with E-state index in [2.05, 4.69) is 9.97 Å². The lowest BCUT2D eigenvalue weighted by Gasteiger charge is -2.08. The van der Waals surface area contributed by atoms with Crippen LogP contribution in [-0.4, -0.2) is 14.5 Å². The molecule has 0 aliphatic rings. The predicted octanol–water partition coefficient (Wildman–Crippen LogP) is 4.06. The number of hydrogen-bond acceptors (Lipinski definition) is 2. The number of halogens is 3. The van der Waals surface area contributed by atoms with E-state index < -0.39 is 11.7 Å². The smallest absolute Gasteiger partial charge is 0.283 e. The molecule has 108 valence electrons. The van der Waals surface area contributed by atoms with E-state index in [1.54, 1.807) is 10.9 Å². The number of hydrogen-bond donors (Lipinski definition) is 0. The van der Waals surface area contributed by atoms with Gasteiger partial charge >= 0.3 is 6.18 Å². The molecule has 6 heteroatoms. The molecule has 21 heavy (non-hydrogen) atoms. The highest BCUT2D eigenvalue weighted by Gasteiger charge is 2.30. The number of fused-ring (bicyclic) bond motifs is 1. The molecule has 3 nitrogen and oxygen atoms in total. The number of aryl methyl sites for hydroxylation is 2. The van der Waals surface area contributed by atoms with Crippen LogP contribution in [0.5, 0.6) is 0 Å². The minimum absolute atomic E-state index is 0.411. The monoisotopic (exact) mass is 291 g/mol. The summed E-state index contributed by atoms with van der Waals surface area (Å²) in [5.74, 6) is 0.411. The minimum atomic E-state index is -4.38. The molecule has 0 aliphatic carbocycles. The van der Waals surface area contributed by atoms with Crippen molar-refractivity contribution in [1.29, 1.82) is 0 Å². The topological polar surface area (TPSA) is 30.7 Å².